The fourth-order valence-electron chi connectivity index (χ4n) is 2.21. The molecule has 0 spiro atoms. The van der Waals surface area contributed by atoms with Crippen LogP contribution in [0.4, 0.5) is 11.4 Å². The van der Waals surface area contributed by atoms with E-state index in [1.807, 2.05) is 0 Å². The predicted octanol–water partition coefficient (Wildman–Crippen LogP) is 3.21. The fraction of sp³-hybridized carbons (Fsp3) is 0.538. The summed E-state index contributed by atoms with van der Waals surface area (Å²) in [6.45, 7) is 2.97. The van der Waals surface area contributed by atoms with Crippen molar-refractivity contribution in [2.24, 2.45) is 5.41 Å². The Morgan fingerprint density at radius 1 is 1.50 bits per heavy atom. The summed E-state index contributed by atoms with van der Waals surface area (Å²) in [7, 11) is 1.55. The monoisotopic (exact) mass is 250 g/mol. The van der Waals surface area contributed by atoms with Crippen LogP contribution in [0, 0.1) is 15.5 Å². The first-order valence-electron chi connectivity index (χ1n) is 6.10. The van der Waals surface area contributed by atoms with Gasteiger partial charge >= 0.3 is 0 Å². The molecule has 0 saturated heterocycles. The van der Waals surface area contributed by atoms with E-state index in [1.165, 1.54) is 25.3 Å². The van der Waals surface area contributed by atoms with E-state index in [1.54, 1.807) is 19.2 Å². The summed E-state index contributed by atoms with van der Waals surface area (Å²) in [5.74, 6) is 0.627. The number of nitro groups is 1. The Morgan fingerprint density at radius 2 is 2.22 bits per heavy atom. The maximum Gasteiger partial charge on any atom is 0.292 e. The third-order valence-corrected chi connectivity index (χ3v) is 3.67. The van der Waals surface area contributed by atoms with Gasteiger partial charge in [0.1, 0.15) is 11.4 Å². The molecule has 0 atom stereocenters. The van der Waals surface area contributed by atoms with Gasteiger partial charge in [0.2, 0.25) is 0 Å². The van der Waals surface area contributed by atoms with Crippen LogP contribution in [0.3, 0.4) is 0 Å². The van der Waals surface area contributed by atoms with Crippen molar-refractivity contribution in [3.05, 3.63) is 28.3 Å². The van der Waals surface area contributed by atoms with Crippen LogP contribution < -0.4 is 10.1 Å². The molecule has 2 rings (SSSR count). The number of nitrogens with zero attached hydrogens (tertiary/aromatic N) is 1. The number of nitrogens with one attached hydrogen (secondary N) is 1. The Balaban J connectivity index is 2.15. The first-order valence-corrected chi connectivity index (χ1v) is 6.10. The quantitative estimate of drug-likeness (QED) is 0.643. The normalized spacial score (nSPS) is 16.8. The van der Waals surface area contributed by atoms with Crippen LogP contribution in [-0.2, 0) is 0 Å². The summed E-state index contributed by atoms with van der Waals surface area (Å²) in [6, 6.07) is 4.76. The van der Waals surface area contributed by atoms with Gasteiger partial charge in [0.05, 0.1) is 12.0 Å². The van der Waals surface area contributed by atoms with Crippen molar-refractivity contribution in [2.45, 2.75) is 26.2 Å². The van der Waals surface area contributed by atoms with Gasteiger partial charge in [0.25, 0.3) is 5.69 Å². The molecular weight excluding hydrogens is 232 g/mol. The minimum absolute atomic E-state index is 0.0960. The molecule has 0 aliphatic heterocycles. The van der Waals surface area contributed by atoms with E-state index in [0.29, 0.717) is 11.4 Å². The van der Waals surface area contributed by atoms with E-state index >= 15 is 0 Å². The Hall–Kier alpha value is -1.78. The molecule has 1 aliphatic carbocycles. The second-order valence-corrected chi connectivity index (χ2v) is 5.16. The molecule has 1 saturated carbocycles. The van der Waals surface area contributed by atoms with Crippen LogP contribution in [0.25, 0.3) is 0 Å². The van der Waals surface area contributed by atoms with Crippen molar-refractivity contribution in [3.63, 3.8) is 0 Å². The molecule has 0 unspecified atom stereocenters. The summed E-state index contributed by atoms with van der Waals surface area (Å²) in [5.41, 5.74) is 0.905. The van der Waals surface area contributed by atoms with Crippen molar-refractivity contribution < 1.29 is 9.66 Å². The standard InChI is InChI=1S/C13H18N2O3/c1-13(6-3-7-13)9-14-11-8-10(18-2)4-5-12(11)15(16)17/h4-5,8,14H,3,6-7,9H2,1-2H3. The van der Waals surface area contributed by atoms with Gasteiger partial charge in [0, 0.05) is 18.7 Å². The lowest BCUT2D eigenvalue weighted by Gasteiger charge is -2.38. The highest BCUT2D eigenvalue weighted by Gasteiger charge is 2.32. The smallest absolute Gasteiger partial charge is 0.292 e. The van der Waals surface area contributed by atoms with Gasteiger partial charge in [-0.25, -0.2) is 0 Å². The van der Waals surface area contributed by atoms with Crippen molar-refractivity contribution in [3.8, 4) is 5.75 Å². The molecule has 0 amide bonds. The number of hydrogen-bond acceptors (Lipinski definition) is 4. The Labute approximate surface area is 106 Å². The topological polar surface area (TPSA) is 64.4 Å². The van der Waals surface area contributed by atoms with Gasteiger partial charge in [-0.05, 0) is 24.3 Å². The third-order valence-electron chi connectivity index (χ3n) is 3.67. The molecule has 0 aromatic heterocycles. The Kier molecular flexibility index (Phi) is 3.41. The molecule has 1 fully saturated rings. The van der Waals surface area contributed by atoms with Crippen LogP contribution in [0.15, 0.2) is 18.2 Å². The molecule has 0 bridgehead atoms. The van der Waals surface area contributed by atoms with Gasteiger partial charge < -0.3 is 10.1 Å². The lowest BCUT2D eigenvalue weighted by Crippen LogP contribution is -2.33. The molecule has 98 valence electrons. The summed E-state index contributed by atoms with van der Waals surface area (Å²) in [4.78, 5) is 10.6. The number of nitro benzene ring substituents is 1. The van der Waals surface area contributed by atoms with E-state index in [0.717, 1.165) is 6.54 Å². The minimum atomic E-state index is -0.370. The lowest BCUT2D eigenvalue weighted by atomic mass is 9.70. The zero-order valence-electron chi connectivity index (χ0n) is 10.7. The van der Waals surface area contributed by atoms with Crippen LogP contribution >= 0.6 is 0 Å². The second-order valence-electron chi connectivity index (χ2n) is 5.16. The van der Waals surface area contributed by atoms with Crippen LogP contribution in [0.5, 0.6) is 5.75 Å². The second kappa shape index (κ2) is 4.84. The number of anilines is 1. The SMILES string of the molecule is COc1ccc([N+](=O)[O-])c(NCC2(C)CCC2)c1. The molecule has 5 nitrogen and oxygen atoms in total. The zero-order chi connectivity index (χ0) is 13.2. The van der Waals surface area contributed by atoms with Crippen molar-refractivity contribution >= 4 is 11.4 Å². The maximum absolute atomic E-state index is 11.0. The first-order chi connectivity index (χ1) is 8.54. The highest BCUT2D eigenvalue weighted by atomic mass is 16.6. The Morgan fingerprint density at radius 3 is 2.72 bits per heavy atom. The molecule has 1 aromatic carbocycles. The van der Waals surface area contributed by atoms with Gasteiger partial charge in [-0.2, -0.15) is 0 Å². The third kappa shape index (κ3) is 2.55. The Bertz CT molecular complexity index is 456. The van der Waals surface area contributed by atoms with Gasteiger partial charge in [0.15, 0.2) is 0 Å². The molecule has 1 aromatic rings. The summed E-state index contributed by atoms with van der Waals surface area (Å²) >= 11 is 0. The summed E-state index contributed by atoms with van der Waals surface area (Å²) < 4.78 is 5.10. The van der Waals surface area contributed by atoms with Crippen LogP contribution in [-0.4, -0.2) is 18.6 Å². The highest BCUT2D eigenvalue weighted by Crippen LogP contribution is 2.41. The fourth-order valence-corrected chi connectivity index (χ4v) is 2.21. The van der Waals surface area contributed by atoms with Crippen LogP contribution in [0.2, 0.25) is 0 Å². The number of benzene rings is 1. The van der Waals surface area contributed by atoms with Gasteiger partial charge in [-0.1, -0.05) is 13.3 Å². The predicted molar refractivity (Wildman–Crippen MR) is 70.1 cm³/mol. The number of ether oxygens (including phenoxy) is 1. The molecule has 18 heavy (non-hydrogen) atoms. The number of methoxy groups -OCH3 is 1. The van der Waals surface area contributed by atoms with Crippen molar-refractivity contribution in [1.29, 1.82) is 0 Å². The molecule has 5 heteroatoms. The lowest BCUT2D eigenvalue weighted by molar-refractivity contribution is -0.384. The van der Waals surface area contributed by atoms with Gasteiger partial charge in [-0.3, -0.25) is 10.1 Å². The molecule has 1 N–H and O–H groups in total. The van der Waals surface area contributed by atoms with E-state index in [-0.39, 0.29) is 16.0 Å². The summed E-state index contributed by atoms with van der Waals surface area (Å²) in [6.07, 6.45) is 3.61. The molecule has 0 heterocycles. The van der Waals surface area contributed by atoms with Crippen molar-refractivity contribution in [2.75, 3.05) is 19.0 Å². The van der Waals surface area contributed by atoms with Gasteiger partial charge in [-0.15, -0.1) is 0 Å². The largest absolute Gasteiger partial charge is 0.497 e. The molecule has 0 radical (unpaired) electrons. The van der Waals surface area contributed by atoms with E-state index < -0.39 is 0 Å². The average molecular weight is 250 g/mol. The average Bonchev–Trinajstić information content (AvgIpc) is 2.33. The summed E-state index contributed by atoms with van der Waals surface area (Å²) in [5, 5.41) is 14.1. The van der Waals surface area contributed by atoms with E-state index in [2.05, 4.69) is 12.2 Å². The van der Waals surface area contributed by atoms with E-state index in [4.69, 9.17) is 4.74 Å². The van der Waals surface area contributed by atoms with E-state index in [9.17, 15) is 10.1 Å². The molecular formula is C13H18N2O3. The highest BCUT2D eigenvalue weighted by molar-refractivity contribution is 5.64. The number of rotatable bonds is 5. The molecule has 1 aliphatic rings. The first kappa shape index (κ1) is 12.7. The van der Waals surface area contributed by atoms with Crippen LogP contribution in [0.1, 0.15) is 26.2 Å². The maximum atomic E-state index is 11.0. The number of hydrogen-bond donors (Lipinski definition) is 1. The minimum Gasteiger partial charge on any atom is -0.497 e. The van der Waals surface area contributed by atoms with Crippen molar-refractivity contribution in [1.82, 2.24) is 0 Å². The zero-order valence-corrected chi connectivity index (χ0v) is 10.7.